The fourth-order valence-corrected chi connectivity index (χ4v) is 10.4. The number of carboxylic acid groups (broad SMARTS) is 1. The zero-order valence-electron chi connectivity index (χ0n) is 55.4. The summed E-state index contributed by atoms with van der Waals surface area (Å²) in [5.41, 5.74) is 0. The van der Waals surface area contributed by atoms with E-state index in [0.29, 0.717) is 17.4 Å². The van der Waals surface area contributed by atoms with E-state index < -0.39 is 18.4 Å². The molecule has 83 heavy (non-hydrogen) atoms. The number of allylic oxidation sites excluding steroid dienone is 10. The molecule has 0 radical (unpaired) electrons. The predicted octanol–water partition coefficient (Wildman–Crippen LogP) is 21.9. The van der Waals surface area contributed by atoms with E-state index in [-0.39, 0.29) is 38.2 Å². The third-order valence-corrected chi connectivity index (χ3v) is 15.8. The van der Waals surface area contributed by atoms with Crippen molar-refractivity contribution in [3.63, 3.8) is 0 Å². The van der Waals surface area contributed by atoms with E-state index >= 15 is 0 Å². The van der Waals surface area contributed by atoms with Gasteiger partial charge in [-0.05, 0) is 57.8 Å². The quantitative estimate of drug-likeness (QED) is 0.0211. The van der Waals surface area contributed by atoms with Gasteiger partial charge in [0.2, 0.25) is 0 Å². The van der Waals surface area contributed by atoms with Crippen LogP contribution in [0.4, 0.5) is 0 Å². The molecule has 0 aromatic rings. The third kappa shape index (κ3) is 66.4. The van der Waals surface area contributed by atoms with Crippen molar-refractivity contribution < 1.29 is 42.9 Å². The Morgan fingerprint density at radius 1 is 0.373 bits per heavy atom. The first-order valence-electron chi connectivity index (χ1n) is 35.5. The molecule has 9 heteroatoms. The molecule has 0 aliphatic carbocycles. The molecular formula is C74H136NO8+. The molecule has 0 rings (SSSR count). The van der Waals surface area contributed by atoms with Gasteiger partial charge in [0.15, 0.2) is 6.10 Å². The molecule has 0 aromatic carbocycles. The van der Waals surface area contributed by atoms with Gasteiger partial charge in [-0.15, -0.1) is 0 Å². The summed E-state index contributed by atoms with van der Waals surface area (Å²) < 4.78 is 23.0. The Hall–Kier alpha value is -3.01. The number of ether oxygens (including phenoxy) is 4. The molecule has 0 saturated heterocycles. The largest absolute Gasteiger partial charge is 0.477 e. The number of carboxylic acids is 1. The minimum atomic E-state index is -1.51. The van der Waals surface area contributed by atoms with Gasteiger partial charge in [-0.3, -0.25) is 9.59 Å². The van der Waals surface area contributed by atoms with Gasteiger partial charge in [0.1, 0.15) is 13.2 Å². The first kappa shape index (κ1) is 80.0. The van der Waals surface area contributed by atoms with Crippen molar-refractivity contribution in [2.45, 2.75) is 347 Å². The van der Waals surface area contributed by atoms with Gasteiger partial charge in [0.25, 0.3) is 6.29 Å². The number of carbonyl (C=O) groups is 3. The molecule has 1 N–H and O–H groups in total. The maximum absolute atomic E-state index is 12.9. The van der Waals surface area contributed by atoms with Crippen molar-refractivity contribution in [1.29, 1.82) is 0 Å². The van der Waals surface area contributed by atoms with Crippen LogP contribution in [0.25, 0.3) is 0 Å². The van der Waals surface area contributed by atoms with Crippen molar-refractivity contribution in [2.24, 2.45) is 0 Å². The fourth-order valence-electron chi connectivity index (χ4n) is 10.4. The van der Waals surface area contributed by atoms with Crippen LogP contribution in [0, 0.1) is 0 Å². The monoisotopic (exact) mass is 1170 g/mol. The van der Waals surface area contributed by atoms with Crippen molar-refractivity contribution in [1.82, 2.24) is 0 Å². The zero-order chi connectivity index (χ0) is 60.5. The summed E-state index contributed by atoms with van der Waals surface area (Å²) in [4.78, 5) is 37.6. The van der Waals surface area contributed by atoms with Gasteiger partial charge in [0.05, 0.1) is 34.4 Å². The Morgan fingerprint density at radius 2 is 0.687 bits per heavy atom. The molecule has 2 unspecified atom stereocenters. The second-order valence-corrected chi connectivity index (χ2v) is 25.2. The summed E-state index contributed by atoms with van der Waals surface area (Å²) in [7, 11) is 5.99. The van der Waals surface area contributed by atoms with Gasteiger partial charge in [-0.2, -0.15) is 0 Å². The van der Waals surface area contributed by atoms with E-state index in [1.54, 1.807) is 0 Å². The van der Waals surface area contributed by atoms with Crippen LogP contribution in [0.15, 0.2) is 60.8 Å². The van der Waals surface area contributed by atoms with Crippen LogP contribution >= 0.6 is 0 Å². The van der Waals surface area contributed by atoms with Crippen LogP contribution in [-0.4, -0.2) is 87.4 Å². The number of likely N-dealkylation sites (N-methyl/N-ethyl adjacent to an activating group) is 1. The Kier molecular flexibility index (Phi) is 62.6. The average molecular weight is 1170 g/mol. The normalized spacial score (nSPS) is 13.0. The van der Waals surface area contributed by atoms with Crippen LogP contribution < -0.4 is 0 Å². The van der Waals surface area contributed by atoms with Gasteiger partial charge in [0, 0.05) is 12.8 Å². The van der Waals surface area contributed by atoms with E-state index in [4.69, 9.17) is 18.9 Å². The number of carbonyl (C=O) groups excluding carboxylic acids is 2. The highest BCUT2D eigenvalue weighted by atomic mass is 16.7. The minimum absolute atomic E-state index is 0.178. The standard InChI is InChI=1S/C74H135NO8/c1-6-8-10-12-14-16-18-20-22-24-26-28-30-32-34-35-36-37-39-41-43-45-47-49-51-53-55-57-59-61-63-65-72(77)83-70(69-82-74(73(78)79)80-67-66-75(3,4)5)68-81-71(76)64-62-60-58-56-54-52-50-48-46-44-42-40-38-33-31-29-27-25-23-21-19-17-15-13-11-9-7-2/h8,10,14,16,20,22,26,28,32,34,70,74H,6-7,9,11-13,15,17-19,21,23-25,27,29-31,33,35-69H2,1-5H3/p+1/b10-8-,16-14-,22-20-,28-26-,34-32-. The van der Waals surface area contributed by atoms with Crippen LogP contribution in [-0.2, 0) is 33.3 Å². The van der Waals surface area contributed by atoms with E-state index in [1.807, 2.05) is 21.1 Å². The molecule has 0 aliphatic rings. The lowest BCUT2D eigenvalue weighted by Crippen LogP contribution is -2.40. The summed E-state index contributed by atoms with van der Waals surface area (Å²) >= 11 is 0. The smallest absolute Gasteiger partial charge is 0.361 e. The predicted molar refractivity (Wildman–Crippen MR) is 355 cm³/mol. The molecule has 0 saturated carbocycles. The molecule has 484 valence electrons. The number of esters is 2. The van der Waals surface area contributed by atoms with Crippen LogP contribution in [0.5, 0.6) is 0 Å². The highest BCUT2D eigenvalue weighted by Gasteiger charge is 2.25. The van der Waals surface area contributed by atoms with E-state index in [0.717, 1.165) is 70.6 Å². The molecule has 0 spiro atoms. The maximum atomic E-state index is 12.9. The van der Waals surface area contributed by atoms with Crippen molar-refractivity contribution in [3.05, 3.63) is 60.8 Å². The number of quaternary nitrogens is 1. The molecule has 9 nitrogen and oxygen atoms in total. The lowest BCUT2D eigenvalue weighted by Gasteiger charge is -2.25. The molecule has 0 aliphatic heterocycles. The molecule has 0 bridgehead atoms. The van der Waals surface area contributed by atoms with Gasteiger partial charge >= 0.3 is 17.9 Å². The van der Waals surface area contributed by atoms with E-state index in [1.165, 1.54) is 238 Å². The number of nitrogens with zero attached hydrogens (tertiary/aromatic N) is 1. The topological polar surface area (TPSA) is 108 Å². The number of unbranched alkanes of at least 4 members (excludes halogenated alkanes) is 41. The Labute approximate surface area is 514 Å². The Morgan fingerprint density at radius 3 is 1.02 bits per heavy atom. The summed E-state index contributed by atoms with van der Waals surface area (Å²) in [5.74, 6) is -1.98. The highest BCUT2D eigenvalue weighted by Crippen LogP contribution is 2.19. The zero-order valence-corrected chi connectivity index (χ0v) is 55.4. The SMILES string of the molecule is CC/C=C\C/C=C\C/C=C\C/C=C\C/C=C\CCCCCCCCCCCCCCCCCC(=O)OC(COC(=O)CCCCCCCCCCCCCCCCCCCCCCCCCCCCC)COC(OCC[N+](C)(C)C)C(=O)O. The van der Waals surface area contributed by atoms with Gasteiger partial charge in [-0.1, -0.05) is 325 Å². The first-order chi connectivity index (χ1) is 40.6. The lowest BCUT2D eigenvalue weighted by molar-refractivity contribution is -0.870. The molecule has 2 atom stereocenters. The molecule has 0 aromatic heterocycles. The third-order valence-electron chi connectivity index (χ3n) is 15.8. The van der Waals surface area contributed by atoms with Gasteiger partial charge in [-0.25, -0.2) is 4.79 Å². The van der Waals surface area contributed by atoms with Crippen LogP contribution in [0.2, 0.25) is 0 Å². The van der Waals surface area contributed by atoms with E-state index in [2.05, 4.69) is 74.6 Å². The minimum Gasteiger partial charge on any atom is -0.477 e. The Balaban J connectivity index is 4.08. The summed E-state index contributed by atoms with van der Waals surface area (Å²) in [6.07, 6.45) is 81.9. The fraction of sp³-hybridized carbons (Fsp3) is 0.824. The second-order valence-electron chi connectivity index (χ2n) is 25.2. The number of rotatable bonds is 66. The lowest BCUT2D eigenvalue weighted by atomic mass is 10.0. The maximum Gasteiger partial charge on any atom is 0.361 e. The molecule has 0 fully saturated rings. The molecule has 0 heterocycles. The summed E-state index contributed by atoms with van der Waals surface area (Å²) in [5, 5.41) is 9.75. The van der Waals surface area contributed by atoms with Crippen molar-refractivity contribution in [3.8, 4) is 0 Å². The van der Waals surface area contributed by atoms with Crippen LogP contribution in [0.3, 0.4) is 0 Å². The average Bonchev–Trinajstić information content (AvgIpc) is 3.46. The number of hydrogen-bond acceptors (Lipinski definition) is 7. The molecular weight excluding hydrogens is 1030 g/mol. The van der Waals surface area contributed by atoms with Crippen molar-refractivity contribution in [2.75, 3.05) is 47.5 Å². The summed E-state index contributed by atoms with van der Waals surface area (Å²) in [6, 6.07) is 0. The number of aliphatic carboxylic acids is 1. The molecule has 0 amide bonds. The Bertz CT molecular complexity index is 1550. The van der Waals surface area contributed by atoms with Gasteiger partial charge < -0.3 is 28.5 Å². The highest BCUT2D eigenvalue weighted by molar-refractivity contribution is 5.71. The second kappa shape index (κ2) is 65.0. The van der Waals surface area contributed by atoms with Crippen molar-refractivity contribution >= 4 is 17.9 Å². The first-order valence-corrected chi connectivity index (χ1v) is 35.5. The van der Waals surface area contributed by atoms with E-state index in [9.17, 15) is 19.5 Å². The van der Waals surface area contributed by atoms with Crippen LogP contribution in [0.1, 0.15) is 335 Å². The number of hydrogen-bond donors (Lipinski definition) is 1. The summed E-state index contributed by atoms with van der Waals surface area (Å²) in [6.45, 7) is 4.82.